The Morgan fingerprint density at radius 1 is 1.18 bits per heavy atom. The van der Waals surface area contributed by atoms with Crippen LogP contribution in [0.2, 0.25) is 0 Å². The summed E-state index contributed by atoms with van der Waals surface area (Å²) in [7, 11) is 0. The fourth-order valence-corrected chi connectivity index (χ4v) is 3.83. The molecule has 4 unspecified atom stereocenters. The highest BCUT2D eigenvalue weighted by atomic mass is 15.2. The summed E-state index contributed by atoms with van der Waals surface area (Å²) in [6.07, 6.45) is 11.1. The standard InChI is InChI=1S/C15H30N2/c1-3-5-6-11(4-2)7-15(17-16)14-9-12-8-13(12)10-14/h11-15,17H,3-10,16H2,1-2H3. The van der Waals surface area contributed by atoms with Crippen molar-refractivity contribution in [2.24, 2.45) is 29.5 Å². The lowest BCUT2D eigenvalue weighted by Gasteiger charge is -2.28. The quantitative estimate of drug-likeness (QED) is 0.502. The molecule has 0 heterocycles. The van der Waals surface area contributed by atoms with E-state index in [-0.39, 0.29) is 0 Å². The molecule has 3 N–H and O–H groups in total. The molecule has 0 saturated heterocycles. The lowest BCUT2D eigenvalue weighted by atomic mass is 9.85. The lowest BCUT2D eigenvalue weighted by Crippen LogP contribution is -2.41. The van der Waals surface area contributed by atoms with Gasteiger partial charge in [0.1, 0.15) is 0 Å². The first-order valence-corrected chi connectivity index (χ1v) is 7.74. The second-order valence-corrected chi connectivity index (χ2v) is 6.41. The van der Waals surface area contributed by atoms with Crippen LogP contribution in [0.1, 0.15) is 65.2 Å². The Kier molecular flexibility index (Phi) is 4.87. The number of unbranched alkanes of at least 4 members (excludes halogenated alkanes) is 1. The van der Waals surface area contributed by atoms with Crippen LogP contribution in [0.3, 0.4) is 0 Å². The molecule has 17 heavy (non-hydrogen) atoms. The van der Waals surface area contributed by atoms with Gasteiger partial charge in [-0.25, -0.2) is 0 Å². The van der Waals surface area contributed by atoms with Crippen molar-refractivity contribution in [3.63, 3.8) is 0 Å². The molecule has 2 rings (SSSR count). The Balaban J connectivity index is 1.76. The van der Waals surface area contributed by atoms with Crippen LogP contribution < -0.4 is 11.3 Å². The van der Waals surface area contributed by atoms with Crippen molar-refractivity contribution < 1.29 is 0 Å². The van der Waals surface area contributed by atoms with E-state index >= 15 is 0 Å². The van der Waals surface area contributed by atoms with Crippen LogP contribution in [-0.2, 0) is 0 Å². The molecule has 0 radical (unpaired) electrons. The summed E-state index contributed by atoms with van der Waals surface area (Å²) >= 11 is 0. The van der Waals surface area contributed by atoms with Gasteiger partial charge >= 0.3 is 0 Å². The molecule has 2 nitrogen and oxygen atoms in total. The molecule has 0 spiro atoms. The Labute approximate surface area is 107 Å². The van der Waals surface area contributed by atoms with Crippen molar-refractivity contribution in [3.8, 4) is 0 Å². The van der Waals surface area contributed by atoms with E-state index in [4.69, 9.17) is 5.84 Å². The first-order valence-electron chi connectivity index (χ1n) is 7.74. The van der Waals surface area contributed by atoms with Gasteiger partial charge in [0.25, 0.3) is 0 Å². The van der Waals surface area contributed by atoms with Gasteiger partial charge in [-0.15, -0.1) is 0 Å². The van der Waals surface area contributed by atoms with Gasteiger partial charge in [0, 0.05) is 6.04 Å². The zero-order chi connectivity index (χ0) is 12.3. The highest BCUT2D eigenvalue weighted by Gasteiger charge is 2.47. The van der Waals surface area contributed by atoms with E-state index in [0.717, 1.165) is 23.7 Å². The van der Waals surface area contributed by atoms with E-state index < -0.39 is 0 Å². The summed E-state index contributed by atoms with van der Waals surface area (Å²) in [5, 5.41) is 0. The number of nitrogens with one attached hydrogen (secondary N) is 1. The maximum atomic E-state index is 5.79. The molecule has 0 amide bonds. The van der Waals surface area contributed by atoms with Crippen molar-refractivity contribution in [1.82, 2.24) is 5.43 Å². The maximum absolute atomic E-state index is 5.79. The Morgan fingerprint density at radius 3 is 2.41 bits per heavy atom. The van der Waals surface area contributed by atoms with E-state index in [2.05, 4.69) is 19.3 Å². The highest BCUT2D eigenvalue weighted by Crippen LogP contribution is 2.55. The molecule has 0 bridgehead atoms. The molecule has 2 fully saturated rings. The van der Waals surface area contributed by atoms with Gasteiger partial charge in [0.05, 0.1) is 0 Å². The molecule has 100 valence electrons. The lowest BCUT2D eigenvalue weighted by molar-refractivity contribution is 0.266. The van der Waals surface area contributed by atoms with Crippen LogP contribution in [0.25, 0.3) is 0 Å². The molecule has 2 aliphatic carbocycles. The zero-order valence-corrected chi connectivity index (χ0v) is 11.6. The van der Waals surface area contributed by atoms with E-state index in [1.165, 1.54) is 51.4 Å². The van der Waals surface area contributed by atoms with Gasteiger partial charge in [0.2, 0.25) is 0 Å². The number of hydrazine groups is 1. The maximum Gasteiger partial charge on any atom is 0.0241 e. The second kappa shape index (κ2) is 6.19. The summed E-state index contributed by atoms with van der Waals surface area (Å²) in [6, 6.07) is 0.588. The molecule has 2 heteroatoms. The van der Waals surface area contributed by atoms with Gasteiger partial charge in [-0.05, 0) is 49.4 Å². The van der Waals surface area contributed by atoms with Gasteiger partial charge in [-0.1, -0.05) is 39.5 Å². The molecule has 2 aliphatic rings. The van der Waals surface area contributed by atoms with Gasteiger partial charge in [0.15, 0.2) is 0 Å². The predicted octanol–water partition coefficient (Wildman–Crippen LogP) is 3.47. The van der Waals surface area contributed by atoms with Crippen LogP contribution >= 0.6 is 0 Å². The molecule has 0 aliphatic heterocycles. The number of hydrogen-bond acceptors (Lipinski definition) is 2. The first-order chi connectivity index (χ1) is 8.28. The minimum absolute atomic E-state index is 0.588. The highest BCUT2D eigenvalue weighted by molar-refractivity contribution is 4.99. The number of nitrogens with two attached hydrogens (primary N) is 1. The normalized spacial score (nSPS) is 34.4. The SMILES string of the molecule is CCCCC(CC)CC(NN)C1CC2CC2C1. The molecular formula is C15H30N2. The fraction of sp³-hybridized carbons (Fsp3) is 1.00. The molecule has 0 aromatic rings. The average molecular weight is 238 g/mol. The van der Waals surface area contributed by atoms with Crippen LogP contribution in [0, 0.1) is 23.7 Å². The van der Waals surface area contributed by atoms with Gasteiger partial charge in [-0.2, -0.15) is 0 Å². The van der Waals surface area contributed by atoms with Crippen LogP contribution in [0.5, 0.6) is 0 Å². The van der Waals surface area contributed by atoms with Crippen LogP contribution in [0.4, 0.5) is 0 Å². The summed E-state index contributed by atoms with van der Waals surface area (Å²) in [5.41, 5.74) is 3.13. The minimum atomic E-state index is 0.588. The summed E-state index contributed by atoms with van der Waals surface area (Å²) in [6.45, 7) is 4.62. The molecular weight excluding hydrogens is 208 g/mol. The number of hydrogen-bond donors (Lipinski definition) is 2. The van der Waals surface area contributed by atoms with Crippen LogP contribution in [-0.4, -0.2) is 6.04 Å². The first kappa shape index (κ1) is 13.4. The van der Waals surface area contributed by atoms with Gasteiger partial charge in [-0.3, -0.25) is 11.3 Å². The van der Waals surface area contributed by atoms with Crippen molar-refractivity contribution in [3.05, 3.63) is 0 Å². The van der Waals surface area contributed by atoms with Crippen molar-refractivity contribution in [1.29, 1.82) is 0 Å². The number of fused-ring (bicyclic) bond motifs is 1. The Bertz CT molecular complexity index is 219. The Morgan fingerprint density at radius 2 is 1.88 bits per heavy atom. The fourth-order valence-electron chi connectivity index (χ4n) is 3.83. The number of rotatable bonds is 8. The molecule has 0 aromatic carbocycles. The largest absolute Gasteiger partial charge is 0.271 e. The smallest absolute Gasteiger partial charge is 0.0241 e. The third-order valence-corrected chi connectivity index (χ3v) is 5.19. The zero-order valence-electron chi connectivity index (χ0n) is 11.6. The summed E-state index contributed by atoms with van der Waals surface area (Å²) in [5.74, 6) is 9.70. The van der Waals surface area contributed by atoms with Gasteiger partial charge < -0.3 is 0 Å². The molecule has 2 saturated carbocycles. The van der Waals surface area contributed by atoms with E-state index in [0.29, 0.717) is 6.04 Å². The Hall–Kier alpha value is -0.0800. The monoisotopic (exact) mass is 238 g/mol. The van der Waals surface area contributed by atoms with Crippen LogP contribution in [0.15, 0.2) is 0 Å². The van der Waals surface area contributed by atoms with E-state index in [1.54, 1.807) is 0 Å². The van der Waals surface area contributed by atoms with E-state index in [1.807, 2.05) is 0 Å². The van der Waals surface area contributed by atoms with Crippen molar-refractivity contribution in [2.75, 3.05) is 0 Å². The van der Waals surface area contributed by atoms with E-state index in [9.17, 15) is 0 Å². The summed E-state index contributed by atoms with van der Waals surface area (Å²) < 4.78 is 0. The molecule has 0 aromatic heterocycles. The minimum Gasteiger partial charge on any atom is -0.271 e. The summed E-state index contributed by atoms with van der Waals surface area (Å²) in [4.78, 5) is 0. The topological polar surface area (TPSA) is 38.0 Å². The van der Waals surface area contributed by atoms with Crippen molar-refractivity contribution in [2.45, 2.75) is 71.3 Å². The molecule has 4 atom stereocenters. The van der Waals surface area contributed by atoms with Crippen molar-refractivity contribution >= 4 is 0 Å². The predicted molar refractivity (Wildman–Crippen MR) is 73.4 cm³/mol. The average Bonchev–Trinajstić information content (AvgIpc) is 2.97. The second-order valence-electron chi connectivity index (χ2n) is 6.41. The third kappa shape index (κ3) is 3.45. The third-order valence-electron chi connectivity index (χ3n) is 5.19.